The number of anilines is 1. The molecule has 0 saturated carbocycles. The molecule has 1 aromatic carbocycles. The Morgan fingerprint density at radius 3 is 2.80 bits per heavy atom. The Kier molecular flexibility index (Phi) is 5.19. The van der Waals surface area contributed by atoms with Gasteiger partial charge in [-0.1, -0.05) is 11.8 Å². The number of nitrogens with zero attached hydrogens (tertiary/aromatic N) is 3. The molecule has 25 heavy (non-hydrogen) atoms. The Balaban J connectivity index is 1.63. The summed E-state index contributed by atoms with van der Waals surface area (Å²) >= 11 is 4.35. The minimum absolute atomic E-state index is 0.00929. The lowest BCUT2D eigenvalue weighted by Crippen LogP contribution is -2.15. The first kappa shape index (κ1) is 17.6. The third-order valence-electron chi connectivity index (χ3n) is 3.17. The van der Waals surface area contributed by atoms with Crippen LogP contribution in [0.2, 0.25) is 0 Å². The van der Waals surface area contributed by atoms with Gasteiger partial charge in [0.1, 0.15) is 11.6 Å². The van der Waals surface area contributed by atoms with E-state index in [0.717, 1.165) is 17.8 Å². The van der Waals surface area contributed by atoms with E-state index >= 15 is 0 Å². The molecular weight excluding hydrogens is 418 g/mol. The molecule has 3 rings (SSSR count). The predicted octanol–water partition coefficient (Wildman–Crippen LogP) is 3.85. The number of carbonyl (C=O) groups excluding carboxylic acids is 1. The third kappa shape index (κ3) is 4.07. The number of hydrogen-bond acceptors (Lipinski definition) is 5. The summed E-state index contributed by atoms with van der Waals surface area (Å²) in [5.74, 6) is -0.945. The Labute approximate surface area is 153 Å². The average Bonchev–Trinajstić information content (AvgIpc) is 3.14. The van der Waals surface area contributed by atoms with Crippen LogP contribution in [0, 0.1) is 11.6 Å². The van der Waals surface area contributed by atoms with Gasteiger partial charge in [-0.05, 0) is 40.2 Å². The topological polar surface area (TPSA) is 73.0 Å². The fourth-order valence-electron chi connectivity index (χ4n) is 2.00. The van der Waals surface area contributed by atoms with Crippen molar-refractivity contribution < 1.29 is 18.0 Å². The van der Waals surface area contributed by atoms with Crippen molar-refractivity contribution in [2.24, 2.45) is 7.05 Å². The molecule has 0 unspecified atom stereocenters. The Morgan fingerprint density at radius 2 is 2.12 bits per heavy atom. The van der Waals surface area contributed by atoms with Gasteiger partial charge in [0.2, 0.25) is 5.91 Å². The summed E-state index contributed by atoms with van der Waals surface area (Å²) in [5, 5.41) is 10.9. The van der Waals surface area contributed by atoms with Gasteiger partial charge in [-0.25, -0.2) is 8.78 Å². The molecule has 0 fully saturated rings. The van der Waals surface area contributed by atoms with Crippen LogP contribution in [0.4, 0.5) is 14.5 Å². The van der Waals surface area contributed by atoms with Gasteiger partial charge in [-0.2, -0.15) is 0 Å². The highest BCUT2D eigenvalue weighted by Crippen LogP contribution is 2.26. The monoisotopic (exact) mass is 428 g/mol. The molecule has 10 heteroatoms. The quantitative estimate of drug-likeness (QED) is 0.624. The number of rotatable bonds is 5. The number of hydrogen-bond donors (Lipinski definition) is 1. The molecule has 1 N–H and O–H groups in total. The number of amides is 1. The van der Waals surface area contributed by atoms with Crippen molar-refractivity contribution in [1.29, 1.82) is 0 Å². The first-order valence-electron chi connectivity index (χ1n) is 6.97. The van der Waals surface area contributed by atoms with E-state index < -0.39 is 17.5 Å². The van der Waals surface area contributed by atoms with Crippen molar-refractivity contribution in [3.05, 3.63) is 46.6 Å². The number of thioether (sulfide) groups is 1. The zero-order valence-electron chi connectivity index (χ0n) is 12.8. The third-order valence-corrected chi connectivity index (χ3v) is 4.61. The number of carbonyl (C=O) groups is 1. The first-order valence-corrected chi connectivity index (χ1v) is 8.74. The van der Waals surface area contributed by atoms with Crippen molar-refractivity contribution in [3.8, 4) is 11.6 Å². The van der Waals surface area contributed by atoms with E-state index in [0.29, 0.717) is 27.5 Å². The second-order valence-corrected chi connectivity index (χ2v) is 6.65. The zero-order chi connectivity index (χ0) is 18.0. The maximum Gasteiger partial charge on any atom is 0.234 e. The van der Waals surface area contributed by atoms with Crippen molar-refractivity contribution >= 4 is 39.3 Å². The lowest BCUT2D eigenvalue weighted by Gasteiger charge is -2.06. The summed E-state index contributed by atoms with van der Waals surface area (Å²) in [5.41, 5.74) is -0.0777. The minimum atomic E-state index is -0.831. The van der Waals surface area contributed by atoms with E-state index in [1.165, 1.54) is 6.07 Å². The van der Waals surface area contributed by atoms with Crippen LogP contribution < -0.4 is 5.32 Å². The van der Waals surface area contributed by atoms with Crippen LogP contribution in [-0.4, -0.2) is 26.4 Å². The number of benzene rings is 1. The molecule has 0 radical (unpaired) electrons. The Morgan fingerprint density at radius 1 is 1.32 bits per heavy atom. The maximum atomic E-state index is 13.5. The van der Waals surface area contributed by atoms with Crippen molar-refractivity contribution in [2.45, 2.75) is 5.16 Å². The Hall–Kier alpha value is -2.20. The Bertz CT molecular complexity index is 928. The molecule has 0 atom stereocenters. The second kappa shape index (κ2) is 7.36. The van der Waals surface area contributed by atoms with Gasteiger partial charge in [-0.3, -0.25) is 4.79 Å². The molecule has 1 amide bonds. The van der Waals surface area contributed by atoms with Gasteiger partial charge < -0.3 is 14.3 Å². The summed E-state index contributed by atoms with van der Waals surface area (Å²) in [7, 11) is 1.74. The van der Waals surface area contributed by atoms with Crippen LogP contribution >= 0.6 is 27.7 Å². The molecule has 6 nitrogen and oxygen atoms in total. The highest BCUT2D eigenvalue weighted by molar-refractivity contribution is 9.10. The van der Waals surface area contributed by atoms with E-state index in [9.17, 15) is 13.6 Å². The van der Waals surface area contributed by atoms with Crippen LogP contribution in [0.1, 0.15) is 0 Å². The van der Waals surface area contributed by atoms with E-state index in [1.807, 2.05) is 0 Å². The van der Waals surface area contributed by atoms with Crippen molar-refractivity contribution in [2.75, 3.05) is 11.1 Å². The standard InChI is InChI=1S/C15H11BrF2N4O2S/c1-22-14(11-4-5-12(16)24-11)20-21-15(22)25-7-13(23)19-10-3-2-8(17)6-9(10)18/h2-6H,7H2,1H3,(H,19,23). The predicted molar refractivity (Wildman–Crippen MR) is 92.1 cm³/mol. The zero-order valence-corrected chi connectivity index (χ0v) is 15.2. The summed E-state index contributed by atoms with van der Waals surface area (Å²) in [6, 6.07) is 6.43. The fourth-order valence-corrected chi connectivity index (χ4v) is 3.01. The lowest BCUT2D eigenvalue weighted by molar-refractivity contribution is -0.113. The molecule has 3 aromatic rings. The molecule has 130 valence electrons. The first-order chi connectivity index (χ1) is 11.9. The van der Waals surface area contributed by atoms with Crippen LogP contribution in [0.15, 0.2) is 44.6 Å². The molecular formula is C15H11BrF2N4O2S. The van der Waals surface area contributed by atoms with Crippen LogP contribution in [0.5, 0.6) is 0 Å². The summed E-state index contributed by atoms with van der Waals surface area (Å²) in [6.45, 7) is 0. The highest BCUT2D eigenvalue weighted by atomic mass is 79.9. The number of furan rings is 1. The number of aromatic nitrogens is 3. The molecule has 0 spiro atoms. The molecule has 2 aromatic heterocycles. The number of halogens is 3. The molecule has 0 aliphatic heterocycles. The summed E-state index contributed by atoms with van der Waals surface area (Å²) in [6.07, 6.45) is 0. The molecule has 2 heterocycles. The van der Waals surface area contributed by atoms with Crippen LogP contribution in [0.25, 0.3) is 11.6 Å². The van der Waals surface area contributed by atoms with Gasteiger partial charge in [0.05, 0.1) is 11.4 Å². The van der Waals surface area contributed by atoms with E-state index in [-0.39, 0.29) is 11.4 Å². The average molecular weight is 429 g/mol. The lowest BCUT2D eigenvalue weighted by atomic mass is 10.3. The number of nitrogens with one attached hydrogen (secondary N) is 1. The molecule has 0 aliphatic rings. The van der Waals surface area contributed by atoms with E-state index in [1.54, 1.807) is 23.7 Å². The fraction of sp³-hybridized carbons (Fsp3) is 0.133. The van der Waals surface area contributed by atoms with Crippen LogP contribution in [0.3, 0.4) is 0 Å². The van der Waals surface area contributed by atoms with Crippen molar-refractivity contribution in [1.82, 2.24) is 14.8 Å². The summed E-state index contributed by atoms with van der Waals surface area (Å²) < 4.78 is 34.1. The van der Waals surface area contributed by atoms with Gasteiger partial charge in [0.25, 0.3) is 0 Å². The van der Waals surface area contributed by atoms with Gasteiger partial charge in [-0.15, -0.1) is 10.2 Å². The smallest absolute Gasteiger partial charge is 0.234 e. The van der Waals surface area contributed by atoms with Crippen LogP contribution in [-0.2, 0) is 11.8 Å². The highest BCUT2D eigenvalue weighted by Gasteiger charge is 2.16. The summed E-state index contributed by atoms with van der Waals surface area (Å²) in [4.78, 5) is 11.9. The van der Waals surface area contributed by atoms with E-state index in [4.69, 9.17) is 4.42 Å². The molecule has 0 aliphatic carbocycles. The maximum absolute atomic E-state index is 13.5. The normalized spacial score (nSPS) is 10.9. The molecule has 0 bridgehead atoms. The van der Waals surface area contributed by atoms with E-state index in [2.05, 4.69) is 31.4 Å². The largest absolute Gasteiger partial charge is 0.446 e. The van der Waals surface area contributed by atoms with Gasteiger partial charge in [0, 0.05) is 13.1 Å². The molecule has 0 saturated heterocycles. The van der Waals surface area contributed by atoms with Gasteiger partial charge in [0.15, 0.2) is 21.4 Å². The van der Waals surface area contributed by atoms with Crippen molar-refractivity contribution in [3.63, 3.8) is 0 Å². The minimum Gasteiger partial charge on any atom is -0.446 e. The second-order valence-electron chi connectivity index (χ2n) is 4.93. The SMILES string of the molecule is Cn1c(SCC(=O)Nc2ccc(F)cc2F)nnc1-c1ccc(Br)o1. The van der Waals surface area contributed by atoms with Gasteiger partial charge >= 0.3 is 0 Å².